The summed E-state index contributed by atoms with van der Waals surface area (Å²) in [4.78, 5) is 0. The Morgan fingerprint density at radius 3 is 2.43 bits per heavy atom. The van der Waals surface area contributed by atoms with Crippen LogP contribution in [0.1, 0.15) is 24.8 Å². The molecule has 1 aromatic rings. The van der Waals surface area contributed by atoms with Crippen LogP contribution in [-0.4, -0.2) is 13.2 Å². The molecule has 0 spiro atoms. The zero-order chi connectivity index (χ0) is 10.1. The molecule has 1 aliphatic carbocycles. The number of rotatable bonds is 3. The van der Waals surface area contributed by atoms with Gasteiger partial charge in [-0.15, -0.1) is 0 Å². The Morgan fingerprint density at radius 1 is 1.36 bits per heavy atom. The second kappa shape index (κ2) is 3.62. The second-order valence-corrected chi connectivity index (χ2v) is 4.14. The zero-order valence-corrected chi connectivity index (χ0v) is 8.73. The Hall–Kier alpha value is -1.02. The standard InChI is InChI=1S/C12H17NO/c1-8(13)11-7-12(11)9-3-5-10(14-2)6-4-9/h3-6,8,11-12H,7,13H2,1-2H3. The van der Waals surface area contributed by atoms with Crippen LogP contribution in [0.4, 0.5) is 0 Å². The van der Waals surface area contributed by atoms with Crippen LogP contribution >= 0.6 is 0 Å². The Kier molecular flexibility index (Phi) is 2.46. The van der Waals surface area contributed by atoms with Crippen molar-refractivity contribution in [3.05, 3.63) is 29.8 Å². The number of ether oxygens (including phenoxy) is 1. The van der Waals surface area contributed by atoms with Crippen molar-refractivity contribution in [3.8, 4) is 5.75 Å². The molecule has 3 unspecified atom stereocenters. The molecule has 1 aliphatic rings. The second-order valence-electron chi connectivity index (χ2n) is 4.14. The van der Waals surface area contributed by atoms with Crippen molar-refractivity contribution in [2.24, 2.45) is 11.7 Å². The van der Waals surface area contributed by atoms with Crippen LogP contribution in [-0.2, 0) is 0 Å². The van der Waals surface area contributed by atoms with Gasteiger partial charge in [-0.2, -0.15) is 0 Å². The fourth-order valence-electron chi connectivity index (χ4n) is 2.03. The van der Waals surface area contributed by atoms with Crippen LogP contribution in [0.15, 0.2) is 24.3 Å². The predicted octanol–water partition coefficient (Wildman–Crippen LogP) is 2.15. The van der Waals surface area contributed by atoms with Gasteiger partial charge in [-0.3, -0.25) is 0 Å². The largest absolute Gasteiger partial charge is 0.497 e. The normalized spacial score (nSPS) is 27.1. The zero-order valence-electron chi connectivity index (χ0n) is 8.73. The van der Waals surface area contributed by atoms with E-state index < -0.39 is 0 Å². The number of hydrogen-bond acceptors (Lipinski definition) is 2. The minimum Gasteiger partial charge on any atom is -0.497 e. The minimum atomic E-state index is 0.321. The van der Waals surface area contributed by atoms with Crippen molar-refractivity contribution >= 4 is 0 Å². The first-order chi connectivity index (χ1) is 6.72. The maximum absolute atomic E-state index is 5.86. The Morgan fingerprint density at radius 2 is 2.00 bits per heavy atom. The topological polar surface area (TPSA) is 35.2 Å². The molecule has 0 amide bonds. The van der Waals surface area contributed by atoms with E-state index in [1.807, 2.05) is 12.1 Å². The SMILES string of the molecule is COc1ccc(C2CC2C(C)N)cc1. The molecular weight excluding hydrogens is 174 g/mol. The van der Waals surface area contributed by atoms with E-state index in [-0.39, 0.29) is 0 Å². The average Bonchev–Trinajstić information content (AvgIpc) is 2.97. The summed E-state index contributed by atoms with van der Waals surface area (Å²) in [7, 11) is 1.69. The molecule has 76 valence electrons. The summed E-state index contributed by atoms with van der Waals surface area (Å²) in [6, 6.07) is 8.65. The molecule has 2 rings (SSSR count). The summed E-state index contributed by atoms with van der Waals surface area (Å²) in [6.45, 7) is 2.09. The van der Waals surface area contributed by atoms with Gasteiger partial charge in [-0.25, -0.2) is 0 Å². The van der Waals surface area contributed by atoms with E-state index in [1.165, 1.54) is 12.0 Å². The van der Waals surface area contributed by atoms with E-state index in [4.69, 9.17) is 10.5 Å². The van der Waals surface area contributed by atoms with Crippen LogP contribution < -0.4 is 10.5 Å². The third-order valence-electron chi connectivity index (χ3n) is 3.06. The highest BCUT2D eigenvalue weighted by molar-refractivity contribution is 5.32. The van der Waals surface area contributed by atoms with Crippen LogP contribution in [0.3, 0.4) is 0 Å². The fraction of sp³-hybridized carbons (Fsp3) is 0.500. The maximum atomic E-state index is 5.86. The Labute approximate surface area is 85.1 Å². The van der Waals surface area contributed by atoms with Crippen molar-refractivity contribution in [1.82, 2.24) is 0 Å². The van der Waals surface area contributed by atoms with Gasteiger partial charge in [0, 0.05) is 6.04 Å². The van der Waals surface area contributed by atoms with Crippen molar-refractivity contribution in [2.45, 2.75) is 25.3 Å². The van der Waals surface area contributed by atoms with Gasteiger partial charge in [0.1, 0.15) is 5.75 Å². The molecule has 1 aromatic carbocycles. The van der Waals surface area contributed by atoms with Crippen molar-refractivity contribution in [3.63, 3.8) is 0 Å². The maximum Gasteiger partial charge on any atom is 0.118 e. The summed E-state index contributed by atoms with van der Waals surface area (Å²) in [6.07, 6.45) is 1.24. The lowest BCUT2D eigenvalue weighted by atomic mass is 10.1. The molecule has 2 nitrogen and oxygen atoms in total. The van der Waals surface area contributed by atoms with E-state index in [9.17, 15) is 0 Å². The molecule has 0 saturated heterocycles. The highest BCUT2D eigenvalue weighted by atomic mass is 16.5. The molecule has 2 N–H and O–H groups in total. The lowest BCUT2D eigenvalue weighted by molar-refractivity contribution is 0.414. The molecule has 3 atom stereocenters. The number of hydrogen-bond donors (Lipinski definition) is 1. The van der Waals surface area contributed by atoms with E-state index in [2.05, 4.69) is 19.1 Å². The van der Waals surface area contributed by atoms with Crippen LogP contribution in [0.2, 0.25) is 0 Å². The number of methoxy groups -OCH3 is 1. The van der Waals surface area contributed by atoms with Gasteiger partial charge in [-0.05, 0) is 42.9 Å². The Balaban J connectivity index is 2.05. The van der Waals surface area contributed by atoms with Gasteiger partial charge in [0.25, 0.3) is 0 Å². The highest BCUT2D eigenvalue weighted by Crippen LogP contribution is 2.49. The molecule has 0 bridgehead atoms. The van der Waals surface area contributed by atoms with Gasteiger partial charge in [0.15, 0.2) is 0 Å². The van der Waals surface area contributed by atoms with Crippen LogP contribution in [0.25, 0.3) is 0 Å². The molecule has 14 heavy (non-hydrogen) atoms. The highest BCUT2D eigenvalue weighted by Gasteiger charge is 2.40. The third-order valence-corrected chi connectivity index (χ3v) is 3.06. The number of nitrogens with two attached hydrogens (primary N) is 1. The van der Waals surface area contributed by atoms with Gasteiger partial charge in [0.2, 0.25) is 0 Å². The molecule has 0 aliphatic heterocycles. The van der Waals surface area contributed by atoms with E-state index in [0.29, 0.717) is 17.9 Å². The first-order valence-electron chi connectivity index (χ1n) is 5.12. The summed E-state index contributed by atoms with van der Waals surface area (Å²) in [5.74, 6) is 2.29. The summed E-state index contributed by atoms with van der Waals surface area (Å²) in [5.41, 5.74) is 7.25. The van der Waals surface area contributed by atoms with Crippen LogP contribution in [0.5, 0.6) is 5.75 Å². The van der Waals surface area contributed by atoms with Crippen molar-refractivity contribution in [1.29, 1.82) is 0 Å². The molecule has 1 fully saturated rings. The predicted molar refractivity (Wildman–Crippen MR) is 57.5 cm³/mol. The fourth-order valence-corrected chi connectivity index (χ4v) is 2.03. The quantitative estimate of drug-likeness (QED) is 0.794. The van der Waals surface area contributed by atoms with Crippen molar-refractivity contribution < 1.29 is 4.74 Å². The lowest BCUT2D eigenvalue weighted by Gasteiger charge is -2.05. The molecule has 0 aromatic heterocycles. The first kappa shape index (κ1) is 9.53. The van der Waals surface area contributed by atoms with Gasteiger partial charge >= 0.3 is 0 Å². The van der Waals surface area contributed by atoms with E-state index >= 15 is 0 Å². The lowest BCUT2D eigenvalue weighted by Crippen LogP contribution is -2.17. The molecule has 0 radical (unpaired) electrons. The molecule has 0 heterocycles. The van der Waals surface area contributed by atoms with Crippen LogP contribution in [0, 0.1) is 5.92 Å². The van der Waals surface area contributed by atoms with E-state index in [0.717, 1.165) is 5.75 Å². The first-order valence-corrected chi connectivity index (χ1v) is 5.12. The van der Waals surface area contributed by atoms with Gasteiger partial charge < -0.3 is 10.5 Å². The molecule has 1 saturated carbocycles. The van der Waals surface area contributed by atoms with Gasteiger partial charge in [0.05, 0.1) is 7.11 Å². The van der Waals surface area contributed by atoms with E-state index in [1.54, 1.807) is 7.11 Å². The summed E-state index contributed by atoms with van der Waals surface area (Å²) < 4.78 is 5.12. The monoisotopic (exact) mass is 191 g/mol. The molecular formula is C12H17NO. The smallest absolute Gasteiger partial charge is 0.118 e. The third kappa shape index (κ3) is 1.75. The molecule has 2 heteroatoms. The van der Waals surface area contributed by atoms with Crippen molar-refractivity contribution in [2.75, 3.05) is 7.11 Å². The Bertz CT molecular complexity index is 305. The minimum absolute atomic E-state index is 0.321. The summed E-state index contributed by atoms with van der Waals surface area (Å²) >= 11 is 0. The summed E-state index contributed by atoms with van der Waals surface area (Å²) in [5, 5.41) is 0. The van der Waals surface area contributed by atoms with Gasteiger partial charge in [-0.1, -0.05) is 12.1 Å². The number of benzene rings is 1. The average molecular weight is 191 g/mol.